The standard InChI is InChI=1S/C50H30N2O/c1-2-13-31(14-3-1)44-29-35-15-4-5-20-37(35)46-43-26-12-25-38(49(43)53-50(44)46)34-18-10-16-32(27-34)33-17-11-19-36(28-33)45-30-51-47-41-23-8-6-21-39(41)40-22-7-9-24-42(40)48(47)52-45/h1-30H. The fourth-order valence-corrected chi connectivity index (χ4v) is 8.19. The molecule has 0 atom stereocenters. The summed E-state index contributed by atoms with van der Waals surface area (Å²) in [6.07, 6.45) is 1.91. The van der Waals surface area contributed by atoms with E-state index in [0.29, 0.717) is 0 Å². The molecule has 9 aromatic carbocycles. The fourth-order valence-electron chi connectivity index (χ4n) is 8.19. The normalized spacial score (nSPS) is 11.8. The number of hydrogen-bond donors (Lipinski definition) is 0. The summed E-state index contributed by atoms with van der Waals surface area (Å²) in [5, 5.41) is 9.29. The van der Waals surface area contributed by atoms with Gasteiger partial charge in [-0.25, -0.2) is 4.98 Å². The number of para-hydroxylation sites is 1. The molecule has 0 N–H and O–H groups in total. The average molecular weight is 675 g/mol. The van der Waals surface area contributed by atoms with E-state index in [1.165, 1.54) is 21.5 Å². The molecular formula is C50H30N2O. The van der Waals surface area contributed by atoms with Gasteiger partial charge in [0.15, 0.2) is 0 Å². The van der Waals surface area contributed by atoms with E-state index in [1.54, 1.807) is 0 Å². The molecule has 3 heteroatoms. The van der Waals surface area contributed by atoms with Crippen molar-refractivity contribution < 1.29 is 4.42 Å². The lowest BCUT2D eigenvalue weighted by Gasteiger charge is -2.11. The van der Waals surface area contributed by atoms with E-state index < -0.39 is 0 Å². The molecule has 0 bridgehead atoms. The number of rotatable bonds is 4. The highest BCUT2D eigenvalue weighted by Crippen LogP contribution is 2.44. The maximum atomic E-state index is 6.93. The Bertz CT molecular complexity index is 3200. The Hall–Kier alpha value is -7.10. The Balaban J connectivity index is 1.04. The molecule has 0 fully saturated rings. The third-order valence-corrected chi connectivity index (χ3v) is 10.7. The maximum absolute atomic E-state index is 6.93. The van der Waals surface area contributed by atoms with Crippen molar-refractivity contribution in [2.24, 2.45) is 0 Å². The van der Waals surface area contributed by atoms with E-state index >= 15 is 0 Å². The van der Waals surface area contributed by atoms with Gasteiger partial charge in [-0.3, -0.25) is 4.98 Å². The molecule has 2 aromatic heterocycles. The van der Waals surface area contributed by atoms with Gasteiger partial charge in [0.25, 0.3) is 0 Å². The van der Waals surface area contributed by atoms with Crippen molar-refractivity contribution in [3.8, 4) is 44.6 Å². The van der Waals surface area contributed by atoms with Gasteiger partial charge in [0.05, 0.1) is 22.9 Å². The van der Waals surface area contributed by atoms with Gasteiger partial charge in [-0.15, -0.1) is 0 Å². The van der Waals surface area contributed by atoms with Gasteiger partial charge in [-0.1, -0.05) is 158 Å². The highest BCUT2D eigenvalue weighted by molar-refractivity contribution is 6.25. The summed E-state index contributed by atoms with van der Waals surface area (Å²) < 4.78 is 6.93. The van der Waals surface area contributed by atoms with Crippen LogP contribution in [0.25, 0.3) is 110 Å². The van der Waals surface area contributed by atoms with Crippen molar-refractivity contribution in [3.63, 3.8) is 0 Å². The number of aromatic nitrogens is 2. The molecule has 0 unspecified atom stereocenters. The van der Waals surface area contributed by atoms with Crippen LogP contribution in [-0.2, 0) is 0 Å². The third-order valence-electron chi connectivity index (χ3n) is 10.7. The van der Waals surface area contributed by atoms with Crippen LogP contribution in [0.5, 0.6) is 0 Å². The molecule has 246 valence electrons. The minimum atomic E-state index is 0.851. The molecule has 0 aliphatic rings. The van der Waals surface area contributed by atoms with Crippen LogP contribution in [0.15, 0.2) is 187 Å². The summed E-state index contributed by atoms with van der Waals surface area (Å²) in [4.78, 5) is 10.3. The zero-order valence-electron chi connectivity index (χ0n) is 28.6. The summed E-state index contributed by atoms with van der Waals surface area (Å²) in [6.45, 7) is 0. The summed E-state index contributed by atoms with van der Waals surface area (Å²) >= 11 is 0. The van der Waals surface area contributed by atoms with Crippen molar-refractivity contribution in [2.45, 2.75) is 0 Å². The number of furan rings is 1. The summed E-state index contributed by atoms with van der Waals surface area (Å²) in [5.74, 6) is 0. The molecule has 11 rings (SSSR count). The fraction of sp³-hybridized carbons (Fsp3) is 0. The molecular weight excluding hydrogens is 645 g/mol. The molecule has 53 heavy (non-hydrogen) atoms. The number of benzene rings is 9. The van der Waals surface area contributed by atoms with Gasteiger partial charge in [-0.05, 0) is 62.0 Å². The van der Waals surface area contributed by atoms with E-state index in [9.17, 15) is 0 Å². The van der Waals surface area contributed by atoms with Crippen LogP contribution in [0.2, 0.25) is 0 Å². The second-order valence-electron chi connectivity index (χ2n) is 13.7. The SMILES string of the molecule is c1ccc(-c2cc3ccccc3c3c2oc2c(-c4cccc(-c5cccc(-c6cnc7c8ccccc8c8ccccc8c7n6)c5)c4)cccc23)cc1. The van der Waals surface area contributed by atoms with E-state index in [2.05, 4.69) is 176 Å². The van der Waals surface area contributed by atoms with E-state index in [0.717, 1.165) is 88.4 Å². The van der Waals surface area contributed by atoms with Gasteiger partial charge in [-0.2, -0.15) is 0 Å². The van der Waals surface area contributed by atoms with E-state index in [4.69, 9.17) is 14.4 Å². The topological polar surface area (TPSA) is 38.9 Å². The van der Waals surface area contributed by atoms with Crippen LogP contribution < -0.4 is 0 Å². The summed E-state index contributed by atoms with van der Waals surface area (Å²) in [6, 6.07) is 62.2. The number of hydrogen-bond acceptors (Lipinski definition) is 3. The molecule has 0 aliphatic carbocycles. The lowest BCUT2D eigenvalue weighted by Crippen LogP contribution is -1.92. The van der Waals surface area contributed by atoms with Crippen LogP contribution >= 0.6 is 0 Å². The molecule has 3 nitrogen and oxygen atoms in total. The van der Waals surface area contributed by atoms with Crippen LogP contribution in [0.4, 0.5) is 0 Å². The Labute approximate surface area is 305 Å². The van der Waals surface area contributed by atoms with E-state index in [-0.39, 0.29) is 0 Å². The second kappa shape index (κ2) is 11.7. The predicted octanol–water partition coefficient (Wildman–Crippen LogP) is 13.7. The Morgan fingerprint density at radius 2 is 0.925 bits per heavy atom. The van der Waals surface area contributed by atoms with Crippen LogP contribution in [0.1, 0.15) is 0 Å². The highest BCUT2D eigenvalue weighted by Gasteiger charge is 2.19. The van der Waals surface area contributed by atoms with Crippen molar-refractivity contribution in [3.05, 3.63) is 182 Å². The summed E-state index contributed by atoms with van der Waals surface area (Å²) in [7, 11) is 0. The van der Waals surface area contributed by atoms with Crippen molar-refractivity contribution in [1.29, 1.82) is 0 Å². The minimum Gasteiger partial charge on any atom is -0.455 e. The van der Waals surface area contributed by atoms with Gasteiger partial charge in [0, 0.05) is 38.2 Å². The van der Waals surface area contributed by atoms with Crippen LogP contribution in [0.3, 0.4) is 0 Å². The Kier molecular flexibility index (Phi) is 6.55. The lowest BCUT2D eigenvalue weighted by molar-refractivity contribution is 0.671. The first-order chi connectivity index (χ1) is 26.3. The molecule has 2 heterocycles. The number of fused-ring (bicyclic) bond motifs is 11. The molecule has 0 saturated carbocycles. The Morgan fingerprint density at radius 3 is 1.70 bits per heavy atom. The highest BCUT2D eigenvalue weighted by atomic mass is 16.3. The monoisotopic (exact) mass is 674 g/mol. The van der Waals surface area contributed by atoms with Crippen molar-refractivity contribution in [1.82, 2.24) is 9.97 Å². The average Bonchev–Trinajstić information content (AvgIpc) is 3.64. The molecule has 0 amide bonds. The quantitative estimate of drug-likeness (QED) is 0.174. The molecule has 0 saturated heterocycles. The first-order valence-corrected chi connectivity index (χ1v) is 18.0. The van der Waals surface area contributed by atoms with Gasteiger partial charge >= 0.3 is 0 Å². The maximum Gasteiger partial charge on any atom is 0.143 e. The Morgan fingerprint density at radius 1 is 0.358 bits per heavy atom. The molecule has 0 aliphatic heterocycles. The van der Waals surface area contributed by atoms with E-state index in [1.807, 2.05) is 6.20 Å². The van der Waals surface area contributed by atoms with Gasteiger partial charge in [0.1, 0.15) is 11.2 Å². The largest absolute Gasteiger partial charge is 0.455 e. The smallest absolute Gasteiger partial charge is 0.143 e. The summed E-state index contributed by atoms with van der Waals surface area (Å²) in [5.41, 5.74) is 12.2. The van der Waals surface area contributed by atoms with Crippen LogP contribution in [-0.4, -0.2) is 9.97 Å². The molecule has 0 spiro atoms. The number of nitrogens with zero attached hydrogens (tertiary/aromatic N) is 2. The minimum absolute atomic E-state index is 0.851. The third kappa shape index (κ3) is 4.68. The first-order valence-electron chi connectivity index (χ1n) is 18.0. The lowest BCUT2D eigenvalue weighted by atomic mass is 9.94. The first kappa shape index (κ1) is 29.6. The molecule has 0 radical (unpaired) electrons. The van der Waals surface area contributed by atoms with Gasteiger partial charge < -0.3 is 4.42 Å². The van der Waals surface area contributed by atoms with Crippen molar-refractivity contribution in [2.75, 3.05) is 0 Å². The zero-order chi connectivity index (χ0) is 34.9. The second-order valence-corrected chi connectivity index (χ2v) is 13.7. The predicted molar refractivity (Wildman–Crippen MR) is 221 cm³/mol. The van der Waals surface area contributed by atoms with Gasteiger partial charge in [0.2, 0.25) is 0 Å². The zero-order valence-corrected chi connectivity index (χ0v) is 28.6. The van der Waals surface area contributed by atoms with Crippen LogP contribution in [0, 0.1) is 0 Å². The van der Waals surface area contributed by atoms with Crippen molar-refractivity contribution >= 4 is 65.3 Å². The molecule has 11 aromatic rings.